The molecule has 3 nitrogen and oxygen atoms in total. The summed E-state index contributed by atoms with van der Waals surface area (Å²) in [5, 5.41) is 3.48. The van der Waals surface area contributed by atoms with Gasteiger partial charge >= 0.3 is 5.97 Å². The Morgan fingerprint density at radius 2 is 2.12 bits per heavy atom. The number of hydrogen-bond acceptors (Lipinski definition) is 3. The first kappa shape index (κ1) is 13.5. The van der Waals surface area contributed by atoms with Crippen LogP contribution in [0.3, 0.4) is 0 Å². The van der Waals surface area contributed by atoms with E-state index in [0.29, 0.717) is 12.6 Å². The Morgan fingerprint density at radius 1 is 1.44 bits per heavy atom. The molecule has 0 amide bonds. The maximum Gasteiger partial charge on any atom is 0.309 e. The Balaban J connectivity index is 2.16. The van der Waals surface area contributed by atoms with E-state index in [-0.39, 0.29) is 11.9 Å². The summed E-state index contributed by atoms with van der Waals surface area (Å²) in [7, 11) is 0. The van der Waals surface area contributed by atoms with E-state index in [1.807, 2.05) is 13.8 Å². The summed E-state index contributed by atoms with van der Waals surface area (Å²) in [6.07, 6.45) is 5.20. The van der Waals surface area contributed by atoms with E-state index < -0.39 is 0 Å². The molecule has 0 aromatic heterocycles. The van der Waals surface area contributed by atoms with E-state index in [9.17, 15) is 4.79 Å². The zero-order valence-electron chi connectivity index (χ0n) is 10.8. The standard InChI is InChI=1S/C13H25NO2/c1-4-12(8-11-6-7-11)14-9-10(3)13(15)16-5-2/h10-12,14H,4-9H2,1-3H3. The van der Waals surface area contributed by atoms with Crippen LogP contribution >= 0.6 is 0 Å². The summed E-state index contributed by atoms with van der Waals surface area (Å²) in [6.45, 7) is 7.19. The van der Waals surface area contributed by atoms with Crippen LogP contribution in [0.2, 0.25) is 0 Å². The number of esters is 1. The van der Waals surface area contributed by atoms with Crippen LogP contribution in [0.5, 0.6) is 0 Å². The Kier molecular flexibility index (Phi) is 5.81. The third-order valence-electron chi connectivity index (χ3n) is 3.21. The first-order chi connectivity index (χ1) is 7.67. The van der Waals surface area contributed by atoms with Gasteiger partial charge in [-0.25, -0.2) is 0 Å². The van der Waals surface area contributed by atoms with Gasteiger partial charge in [0, 0.05) is 12.6 Å². The summed E-state index contributed by atoms with van der Waals surface area (Å²) in [6, 6.07) is 0.573. The van der Waals surface area contributed by atoms with Crippen molar-refractivity contribution in [3.8, 4) is 0 Å². The summed E-state index contributed by atoms with van der Waals surface area (Å²) in [5.74, 6) is 0.819. The molecule has 0 heterocycles. The molecule has 0 bridgehead atoms. The monoisotopic (exact) mass is 227 g/mol. The predicted octanol–water partition coefficient (Wildman–Crippen LogP) is 2.35. The highest BCUT2D eigenvalue weighted by atomic mass is 16.5. The molecule has 1 fully saturated rings. The second-order valence-electron chi connectivity index (χ2n) is 4.85. The third kappa shape index (κ3) is 4.97. The van der Waals surface area contributed by atoms with Crippen LogP contribution in [0.4, 0.5) is 0 Å². The number of hydrogen-bond donors (Lipinski definition) is 1. The van der Waals surface area contributed by atoms with Gasteiger partial charge in [-0.2, -0.15) is 0 Å². The minimum Gasteiger partial charge on any atom is -0.466 e. The van der Waals surface area contributed by atoms with Crippen molar-refractivity contribution in [3.63, 3.8) is 0 Å². The smallest absolute Gasteiger partial charge is 0.309 e. The molecule has 0 aromatic carbocycles. The lowest BCUT2D eigenvalue weighted by Gasteiger charge is -2.19. The minimum absolute atomic E-state index is 0.0341. The molecule has 1 rings (SSSR count). The fraction of sp³-hybridized carbons (Fsp3) is 0.923. The first-order valence-electron chi connectivity index (χ1n) is 6.57. The zero-order valence-corrected chi connectivity index (χ0v) is 10.8. The van der Waals surface area contributed by atoms with Gasteiger partial charge in [0.1, 0.15) is 0 Å². The highest BCUT2D eigenvalue weighted by Crippen LogP contribution is 2.34. The number of carbonyl (C=O) groups excluding carboxylic acids is 1. The van der Waals surface area contributed by atoms with Crippen molar-refractivity contribution in [2.75, 3.05) is 13.2 Å². The fourth-order valence-corrected chi connectivity index (χ4v) is 1.86. The number of carbonyl (C=O) groups is 1. The normalized spacial score (nSPS) is 19.2. The summed E-state index contributed by atoms with van der Waals surface area (Å²) in [4.78, 5) is 11.4. The van der Waals surface area contributed by atoms with Crippen LogP contribution in [-0.4, -0.2) is 25.2 Å². The molecule has 1 saturated carbocycles. The van der Waals surface area contributed by atoms with Crippen molar-refractivity contribution < 1.29 is 9.53 Å². The summed E-state index contributed by atoms with van der Waals surface area (Å²) >= 11 is 0. The largest absolute Gasteiger partial charge is 0.466 e. The fourth-order valence-electron chi connectivity index (χ4n) is 1.86. The molecular formula is C13H25NO2. The van der Waals surface area contributed by atoms with E-state index in [4.69, 9.17) is 4.74 Å². The molecule has 2 unspecified atom stereocenters. The zero-order chi connectivity index (χ0) is 12.0. The first-order valence-corrected chi connectivity index (χ1v) is 6.57. The maximum atomic E-state index is 11.4. The second kappa shape index (κ2) is 6.89. The van der Waals surface area contributed by atoms with Gasteiger partial charge in [-0.1, -0.05) is 26.7 Å². The van der Waals surface area contributed by atoms with Gasteiger partial charge in [0.2, 0.25) is 0 Å². The van der Waals surface area contributed by atoms with Crippen molar-refractivity contribution in [3.05, 3.63) is 0 Å². The maximum absolute atomic E-state index is 11.4. The highest BCUT2D eigenvalue weighted by Gasteiger charge is 2.25. The Labute approximate surface area is 98.9 Å². The van der Waals surface area contributed by atoms with Gasteiger partial charge in [-0.3, -0.25) is 4.79 Å². The number of ether oxygens (including phenoxy) is 1. The van der Waals surface area contributed by atoms with E-state index in [0.717, 1.165) is 18.9 Å². The predicted molar refractivity (Wildman–Crippen MR) is 65.2 cm³/mol. The molecule has 0 aromatic rings. The van der Waals surface area contributed by atoms with E-state index in [1.165, 1.54) is 19.3 Å². The van der Waals surface area contributed by atoms with E-state index in [1.54, 1.807) is 0 Å². The molecule has 1 N–H and O–H groups in total. The second-order valence-corrected chi connectivity index (χ2v) is 4.85. The topological polar surface area (TPSA) is 38.3 Å². The highest BCUT2D eigenvalue weighted by molar-refractivity contribution is 5.72. The average molecular weight is 227 g/mol. The Bertz CT molecular complexity index is 214. The van der Waals surface area contributed by atoms with Crippen LogP contribution in [0.1, 0.15) is 46.5 Å². The molecule has 2 atom stereocenters. The van der Waals surface area contributed by atoms with Gasteiger partial charge in [0.15, 0.2) is 0 Å². The molecule has 0 spiro atoms. The average Bonchev–Trinajstić information content (AvgIpc) is 3.07. The molecule has 1 aliphatic carbocycles. The van der Waals surface area contributed by atoms with Gasteiger partial charge < -0.3 is 10.1 Å². The van der Waals surface area contributed by atoms with Crippen molar-refractivity contribution in [2.45, 2.75) is 52.5 Å². The van der Waals surface area contributed by atoms with E-state index in [2.05, 4.69) is 12.2 Å². The van der Waals surface area contributed by atoms with Gasteiger partial charge in [-0.05, 0) is 25.7 Å². The summed E-state index contributed by atoms with van der Waals surface area (Å²) < 4.78 is 4.98. The van der Waals surface area contributed by atoms with Crippen LogP contribution in [-0.2, 0) is 9.53 Å². The molecule has 94 valence electrons. The van der Waals surface area contributed by atoms with Gasteiger partial charge in [0.25, 0.3) is 0 Å². The molecule has 16 heavy (non-hydrogen) atoms. The van der Waals surface area contributed by atoms with Crippen molar-refractivity contribution in [1.29, 1.82) is 0 Å². The quantitative estimate of drug-likeness (QED) is 0.647. The SMILES string of the molecule is CCOC(=O)C(C)CNC(CC)CC1CC1. The lowest BCUT2D eigenvalue weighted by molar-refractivity contribution is -0.147. The van der Waals surface area contributed by atoms with Crippen molar-refractivity contribution >= 4 is 5.97 Å². The lowest BCUT2D eigenvalue weighted by Crippen LogP contribution is -2.35. The van der Waals surface area contributed by atoms with Crippen LogP contribution in [0.25, 0.3) is 0 Å². The minimum atomic E-state index is -0.0868. The molecule has 1 aliphatic rings. The van der Waals surface area contributed by atoms with Crippen molar-refractivity contribution in [2.24, 2.45) is 11.8 Å². The van der Waals surface area contributed by atoms with Crippen LogP contribution in [0, 0.1) is 11.8 Å². The third-order valence-corrected chi connectivity index (χ3v) is 3.21. The Morgan fingerprint density at radius 3 is 2.62 bits per heavy atom. The van der Waals surface area contributed by atoms with Crippen molar-refractivity contribution in [1.82, 2.24) is 5.32 Å². The Hall–Kier alpha value is -0.570. The molecule has 0 aliphatic heterocycles. The van der Waals surface area contributed by atoms with E-state index >= 15 is 0 Å². The molecule has 0 saturated heterocycles. The summed E-state index contributed by atoms with van der Waals surface area (Å²) in [5.41, 5.74) is 0. The lowest BCUT2D eigenvalue weighted by atomic mass is 10.1. The molecule has 3 heteroatoms. The van der Waals surface area contributed by atoms with Crippen LogP contribution < -0.4 is 5.32 Å². The molecule has 0 radical (unpaired) electrons. The number of nitrogens with one attached hydrogen (secondary N) is 1. The van der Waals surface area contributed by atoms with Crippen LogP contribution in [0.15, 0.2) is 0 Å². The molecular weight excluding hydrogens is 202 g/mol. The number of rotatable bonds is 8. The van der Waals surface area contributed by atoms with Gasteiger partial charge in [0.05, 0.1) is 12.5 Å². The van der Waals surface area contributed by atoms with Gasteiger partial charge in [-0.15, -0.1) is 0 Å².